The molecule has 1 aliphatic rings. The van der Waals surface area contributed by atoms with Crippen molar-refractivity contribution in [2.75, 3.05) is 11.9 Å². The van der Waals surface area contributed by atoms with Crippen LogP contribution in [0.3, 0.4) is 0 Å². The third-order valence-electron chi connectivity index (χ3n) is 4.72. The molecule has 2 amide bonds. The van der Waals surface area contributed by atoms with Gasteiger partial charge in [0.15, 0.2) is 0 Å². The van der Waals surface area contributed by atoms with Gasteiger partial charge in [-0.3, -0.25) is 0 Å². The van der Waals surface area contributed by atoms with Gasteiger partial charge in [0.05, 0.1) is 0 Å². The van der Waals surface area contributed by atoms with E-state index < -0.39 is 0 Å². The molecule has 1 aliphatic carbocycles. The second-order valence-corrected chi connectivity index (χ2v) is 7.18. The van der Waals surface area contributed by atoms with Crippen LogP contribution in [-0.2, 0) is 5.41 Å². The molecule has 0 aliphatic heterocycles. The molecule has 1 saturated carbocycles. The Kier molecular flexibility index (Phi) is 4.71. The standard InChI is InChI=1S/C19H21BrN2O/c1-14-12-16(20)8-9-17(14)22-18(23)21-13-19(10-5-11-19)15-6-3-2-4-7-15/h2-4,6-9,12H,5,10-11,13H2,1H3,(H2,21,22,23). The zero-order valence-corrected chi connectivity index (χ0v) is 14.8. The second-order valence-electron chi connectivity index (χ2n) is 6.27. The van der Waals surface area contributed by atoms with Gasteiger partial charge in [0.1, 0.15) is 0 Å². The van der Waals surface area contributed by atoms with Crippen LogP contribution in [0.1, 0.15) is 30.4 Å². The van der Waals surface area contributed by atoms with E-state index in [2.05, 4.69) is 50.8 Å². The van der Waals surface area contributed by atoms with E-state index in [1.807, 2.05) is 31.2 Å². The van der Waals surface area contributed by atoms with Crippen molar-refractivity contribution in [1.29, 1.82) is 0 Å². The molecule has 0 atom stereocenters. The Morgan fingerprint density at radius 2 is 1.91 bits per heavy atom. The number of anilines is 1. The molecule has 120 valence electrons. The molecule has 0 spiro atoms. The summed E-state index contributed by atoms with van der Waals surface area (Å²) in [4.78, 5) is 12.2. The van der Waals surface area contributed by atoms with E-state index in [1.165, 1.54) is 12.0 Å². The molecule has 0 saturated heterocycles. The van der Waals surface area contributed by atoms with Gasteiger partial charge in [-0.1, -0.05) is 52.7 Å². The summed E-state index contributed by atoms with van der Waals surface area (Å²) < 4.78 is 1.01. The summed E-state index contributed by atoms with van der Waals surface area (Å²) >= 11 is 3.43. The predicted molar refractivity (Wildman–Crippen MR) is 97.9 cm³/mol. The van der Waals surface area contributed by atoms with Crippen LogP contribution in [0.5, 0.6) is 0 Å². The fraction of sp³-hybridized carbons (Fsp3) is 0.316. The number of rotatable bonds is 4. The average Bonchev–Trinajstić information content (AvgIpc) is 2.50. The molecule has 2 N–H and O–H groups in total. The number of benzene rings is 2. The normalized spacial score (nSPS) is 15.6. The average molecular weight is 373 g/mol. The molecule has 2 aromatic rings. The summed E-state index contributed by atoms with van der Waals surface area (Å²) in [5, 5.41) is 5.99. The van der Waals surface area contributed by atoms with E-state index in [-0.39, 0.29) is 11.4 Å². The van der Waals surface area contributed by atoms with Gasteiger partial charge in [0.25, 0.3) is 0 Å². The Bertz CT molecular complexity index is 696. The van der Waals surface area contributed by atoms with Gasteiger partial charge in [-0.25, -0.2) is 4.79 Å². The highest BCUT2D eigenvalue weighted by Gasteiger charge is 2.38. The predicted octanol–water partition coefficient (Wildman–Crippen LogP) is 5.00. The van der Waals surface area contributed by atoms with Crippen LogP contribution in [0.2, 0.25) is 0 Å². The van der Waals surface area contributed by atoms with Crippen LogP contribution in [0.15, 0.2) is 53.0 Å². The minimum absolute atomic E-state index is 0.105. The zero-order chi connectivity index (χ0) is 16.3. The van der Waals surface area contributed by atoms with Gasteiger partial charge in [0, 0.05) is 22.1 Å². The van der Waals surface area contributed by atoms with E-state index in [9.17, 15) is 4.79 Å². The first-order valence-corrected chi connectivity index (χ1v) is 8.75. The van der Waals surface area contributed by atoms with Gasteiger partial charge in [0.2, 0.25) is 0 Å². The number of carbonyl (C=O) groups excluding carboxylic acids is 1. The van der Waals surface area contributed by atoms with Crippen molar-refractivity contribution in [1.82, 2.24) is 5.32 Å². The van der Waals surface area contributed by atoms with Crippen molar-refractivity contribution in [2.24, 2.45) is 0 Å². The minimum Gasteiger partial charge on any atom is -0.337 e. The molecule has 0 aromatic heterocycles. The van der Waals surface area contributed by atoms with Crippen molar-refractivity contribution in [3.05, 3.63) is 64.1 Å². The molecule has 23 heavy (non-hydrogen) atoms. The van der Waals surface area contributed by atoms with E-state index in [4.69, 9.17) is 0 Å². The highest BCUT2D eigenvalue weighted by molar-refractivity contribution is 9.10. The summed E-state index contributed by atoms with van der Waals surface area (Å²) in [7, 11) is 0. The Morgan fingerprint density at radius 3 is 2.52 bits per heavy atom. The number of amides is 2. The second kappa shape index (κ2) is 6.75. The summed E-state index contributed by atoms with van der Waals surface area (Å²) in [6.45, 7) is 2.66. The highest BCUT2D eigenvalue weighted by atomic mass is 79.9. The van der Waals surface area contributed by atoms with E-state index in [0.29, 0.717) is 6.54 Å². The summed E-state index contributed by atoms with van der Waals surface area (Å²) in [5.41, 5.74) is 3.31. The monoisotopic (exact) mass is 372 g/mol. The quantitative estimate of drug-likeness (QED) is 0.778. The molecule has 0 radical (unpaired) electrons. The Balaban J connectivity index is 1.62. The fourth-order valence-corrected chi connectivity index (χ4v) is 3.62. The first kappa shape index (κ1) is 16.1. The maximum atomic E-state index is 12.2. The SMILES string of the molecule is Cc1cc(Br)ccc1NC(=O)NCC1(c2ccccc2)CCC1. The smallest absolute Gasteiger partial charge is 0.319 e. The first-order valence-electron chi connectivity index (χ1n) is 7.96. The van der Waals surface area contributed by atoms with E-state index in [1.54, 1.807) is 0 Å². The van der Waals surface area contributed by atoms with Crippen molar-refractivity contribution >= 4 is 27.6 Å². The molecule has 0 unspecified atom stereocenters. The number of halogens is 1. The van der Waals surface area contributed by atoms with Gasteiger partial charge in [-0.05, 0) is 49.1 Å². The van der Waals surface area contributed by atoms with Crippen molar-refractivity contribution in [3.8, 4) is 0 Å². The Hall–Kier alpha value is -1.81. The van der Waals surface area contributed by atoms with Gasteiger partial charge in [-0.15, -0.1) is 0 Å². The number of nitrogens with one attached hydrogen (secondary N) is 2. The summed E-state index contributed by atoms with van der Waals surface area (Å²) in [6, 6.07) is 16.2. The van der Waals surface area contributed by atoms with Crippen molar-refractivity contribution < 1.29 is 4.79 Å². The Labute approximate surface area is 145 Å². The lowest BCUT2D eigenvalue weighted by Crippen LogP contribution is -2.46. The molecular formula is C19H21BrN2O. The molecule has 2 aromatic carbocycles. The lowest BCUT2D eigenvalue weighted by Gasteiger charge is -2.42. The van der Waals surface area contributed by atoms with Gasteiger partial charge >= 0.3 is 6.03 Å². The van der Waals surface area contributed by atoms with E-state index in [0.717, 1.165) is 28.6 Å². The molecule has 0 heterocycles. The third-order valence-corrected chi connectivity index (χ3v) is 5.21. The summed E-state index contributed by atoms with van der Waals surface area (Å²) in [5.74, 6) is 0. The topological polar surface area (TPSA) is 41.1 Å². The maximum Gasteiger partial charge on any atom is 0.319 e. The van der Waals surface area contributed by atoms with Gasteiger partial charge in [-0.2, -0.15) is 0 Å². The minimum atomic E-state index is -0.141. The number of hydrogen-bond acceptors (Lipinski definition) is 1. The van der Waals surface area contributed by atoms with Crippen LogP contribution in [-0.4, -0.2) is 12.6 Å². The van der Waals surface area contributed by atoms with Crippen molar-refractivity contribution in [3.63, 3.8) is 0 Å². The molecule has 1 fully saturated rings. The van der Waals surface area contributed by atoms with E-state index >= 15 is 0 Å². The largest absolute Gasteiger partial charge is 0.337 e. The lowest BCUT2D eigenvalue weighted by atomic mass is 9.64. The van der Waals surface area contributed by atoms with Crippen LogP contribution in [0, 0.1) is 6.92 Å². The molecule has 3 nitrogen and oxygen atoms in total. The zero-order valence-electron chi connectivity index (χ0n) is 13.2. The number of urea groups is 1. The van der Waals surface area contributed by atoms with Gasteiger partial charge < -0.3 is 10.6 Å². The summed E-state index contributed by atoms with van der Waals surface area (Å²) in [6.07, 6.45) is 3.49. The molecular weight excluding hydrogens is 352 g/mol. The van der Waals surface area contributed by atoms with Crippen LogP contribution < -0.4 is 10.6 Å². The number of hydrogen-bond donors (Lipinski definition) is 2. The Morgan fingerprint density at radius 1 is 1.17 bits per heavy atom. The van der Waals surface area contributed by atoms with Crippen molar-refractivity contribution in [2.45, 2.75) is 31.6 Å². The fourth-order valence-electron chi connectivity index (χ4n) is 3.15. The lowest BCUT2D eigenvalue weighted by molar-refractivity contribution is 0.222. The number of aryl methyl sites for hydroxylation is 1. The molecule has 0 bridgehead atoms. The first-order chi connectivity index (χ1) is 11.1. The molecule has 4 heteroatoms. The van der Waals surface area contributed by atoms with Crippen LogP contribution in [0.25, 0.3) is 0 Å². The van der Waals surface area contributed by atoms with Crippen LogP contribution in [0.4, 0.5) is 10.5 Å². The molecule has 3 rings (SSSR count). The number of carbonyl (C=O) groups is 1. The maximum absolute atomic E-state index is 12.2. The highest BCUT2D eigenvalue weighted by Crippen LogP contribution is 2.43. The third kappa shape index (κ3) is 3.58. The van der Waals surface area contributed by atoms with Crippen LogP contribution >= 0.6 is 15.9 Å².